The van der Waals surface area contributed by atoms with Crippen LogP contribution in [0.25, 0.3) is 0 Å². The summed E-state index contributed by atoms with van der Waals surface area (Å²) in [6, 6.07) is 0. The van der Waals surface area contributed by atoms with Crippen molar-refractivity contribution >= 4 is 5.97 Å². The van der Waals surface area contributed by atoms with Crippen molar-refractivity contribution in [2.45, 2.75) is 12.5 Å². The summed E-state index contributed by atoms with van der Waals surface area (Å²) in [5, 5.41) is 0. The van der Waals surface area contributed by atoms with E-state index in [0.717, 1.165) is 0 Å². The molecule has 0 aromatic rings. The third-order valence-electron chi connectivity index (χ3n) is 1.13. The summed E-state index contributed by atoms with van der Waals surface area (Å²) in [5.74, 6) is -0.217. The second-order valence-electron chi connectivity index (χ2n) is 1.78. The number of carbonyl (C=O) groups is 1. The Morgan fingerprint density at radius 3 is 3.00 bits per heavy atom. The lowest BCUT2D eigenvalue weighted by Crippen LogP contribution is -2.25. The summed E-state index contributed by atoms with van der Waals surface area (Å²) in [4.78, 5) is 10.5. The second kappa shape index (κ2) is 2.64. The summed E-state index contributed by atoms with van der Waals surface area (Å²) in [5.41, 5.74) is 0. The zero-order valence-corrected chi connectivity index (χ0v) is 5.00. The van der Waals surface area contributed by atoms with Gasteiger partial charge in [-0.25, -0.2) is 0 Å². The lowest BCUT2D eigenvalue weighted by Gasteiger charge is -2.18. The van der Waals surface area contributed by atoms with Gasteiger partial charge in [0, 0.05) is 0 Å². The first kappa shape index (κ1) is 6.29. The SMILES string of the molecule is C=CC1CC(=O)OCO1. The van der Waals surface area contributed by atoms with Crippen molar-refractivity contribution in [2.75, 3.05) is 6.79 Å². The Bertz CT molecular complexity index is 130. The summed E-state index contributed by atoms with van der Waals surface area (Å²) in [7, 11) is 0. The minimum Gasteiger partial charge on any atom is -0.438 e. The van der Waals surface area contributed by atoms with Crippen molar-refractivity contribution in [3.8, 4) is 0 Å². The van der Waals surface area contributed by atoms with E-state index >= 15 is 0 Å². The molecule has 9 heavy (non-hydrogen) atoms. The molecule has 0 aromatic heterocycles. The number of cyclic esters (lactones) is 1. The van der Waals surface area contributed by atoms with E-state index < -0.39 is 0 Å². The average Bonchev–Trinajstić information content (AvgIpc) is 1.88. The summed E-state index contributed by atoms with van der Waals surface area (Å²) in [6.07, 6.45) is 1.75. The minimum absolute atomic E-state index is 0.0650. The van der Waals surface area contributed by atoms with Crippen LogP contribution < -0.4 is 0 Å². The smallest absolute Gasteiger partial charge is 0.310 e. The molecule has 0 radical (unpaired) electrons. The number of ether oxygens (including phenoxy) is 2. The first-order chi connectivity index (χ1) is 4.33. The van der Waals surface area contributed by atoms with Gasteiger partial charge in [-0.1, -0.05) is 6.08 Å². The number of carbonyl (C=O) groups excluding carboxylic acids is 1. The number of esters is 1. The van der Waals surface area contributed by atoms with E-state index in [1.54, 1.807) is 6.08 Å². The van der Waals surface area contributed by atoms with Crippen molar-refractivity contribution in [2.24, 2.45) is 0 Å². The summed E-state index contributed by atoms with van der Waals surface area (Å²) in [6.45, 7) is 3.55. The Morgan fingerprint density at radius 2 is 2.56 bits per heavy atom. The highest BCUT2D eigenvalue weighted by Gasteiger charge is 2.17. The maximum atomic E-state index is 10.5. The number of rotatable bonds is 1. The zero-order valence-electron chi connectivity index (χ0n) is 5.00. The Labute approximate surface area is 53.3 Å². The molecule has 1 aliphatic heterocycles. The zero-order chi connectivity index (χ0) is 6.69. The molecule has 0 aromatic carbocycles. The molecule has 1 heterocycles. The third-order valence-corrected chi connectivity index (χ3v) is 1.13. The minimum atomic E-state index is -0.217. The van der Waals surface area contributed by atoms with Crippen LogP contribution in [0.5, 0.6) is 0 Å². The summed E-state index contributed by atoms with van der Waals surface area (Å²) >= 11 is 0. The fourth-order valence-corrected chi connectivity index (χ4v) is 0.621. The third kappa shape index (κ3) is 1.54. The van der Waals surface area contributed by atoms with Crippen molar-refractivity contribution in [3.63, 3.8) is 0 Å². The van der Waals surface area contributed by atoms with Gasteiger partial charge in [-0.3, -0.25) is 4.79 Å². The largest absolute Gasteiger partial charge is 0.438 e. The Hall–Kier alpha value is -0.830. The van der Waals surface area contributed by atoms with Crippen LogP contribution >= 0.6 is 0 Å². The molecule has 0 N–H and O–H groups in total. The number of hydrogen-bond acceptors (Lipinski definition) is 3. The molecule has 0 aliphatic carbocycles. The van der Waals surface area contributed by atoms with Crippen molar-refractivity contribution < 1.29 is 14.3 Å². The van der Waals surface area contributed by atoms with E-state index in [2.05, 4.69) is 11.3 Å². The molecule has 0 spiro atoms. The van der Waals surface area contributed by atoms with Gasteiger partial charge in [-0.05, 0) is 0 Å². The van der Waals surface area contributed by atoms with Crippen LogP contribution in [0.15, 0.2) is 12.7 Å². The van der Waals surface area contributed by atoms with E-state index in [1.165, 1.54) is 0 Å². The van der Waals surface area contributed by atoms with Gasteiger partial charge in [-0.15, -0.1) is 6.58 Å². The molecule has 1 aliphatic rings. The molecule has 1 rings (SSSR count). The molecule has 1 fully saturated rings. The van der Waals surface area contributed by atoms with Gasteiger partial charge in [0.1, 0.15) is 0 Å². The van der Waals surface area contributed by atoms with Gasteiger partial charge in [0.25, 0.3) is 0 Å². The van der Waals surface area contributed by atoms with Crippen LogP contribution in [0.3, 0.4) is 0 Å². The predicted molar refractivity (Wildman–Crippen MR) is 30.6 cm³/mol. The molecular weight excluding hydrogens is 120 g/mol. The van der Waals surface area contributed by atoms with Crippen LogP contribution in [-0.2, 0) is 14.3 Å². The van der Waals surface area contributed by atoms with Crippen molar-refractivity contribution in [1.29, 1.82) is 0 Å². The molecule has 3 heteroatoms. The fourth-order valence-electron chi connectivity index (χ4n) is 0.621. The molecule has 0 amide bonds. The van der Waals surface area contributed by atoms with Crippen LogP contribution in [0, 0.1) is 0 Å². The van der Waals surface area contributed by atoms with Crippen molar-refractivity contribution in [1.82, 2.24) is 0 Å². The van der Waals surface area contributed by atoms with Gasteiger partial charge in [-0.2, -0.15) is 0 Å². The molecule has 50 valence electrons. The van der Waals surface area contributed by atoms with E-state index in [0.29, 0.717) is 6.42 Å². The number of hydrogen-bond donors (Lipinski definition) is 0. The maximum Gasteiger partial charge on any atom is 0.310 e. The Balaban J connectivity index is 2.40. The van der Waals surface area contributed by atoms with E-state index in [4.69, 9.17) is 4.74 Å². The monoisotopic (exact) mass is 128 g/mol. The molecule has 1 saturated heterocycles. The normalized spacial score (nSPS) is 27.1. The summed E-state index contributed by atoms with van der Waals surface area (Å²) < 4.78 is 9.44. The molecule has 0 saturated carbocycles. The molecule has 1 atom stereocenters. The molecular formula is C6H8O3. The lowest BCUT2D eigenvalue weighted by atomic mass is 10.2. The maximum absolute atomic E-state index is 10.5. The highest BCUT2D eigenvalue weighted by atomic mass is 16.7. The van der Waals surface area contributed by atoms with Gasteiger partial charge in [0.2, 0.25) is 0 Å². The highest BCUT2D eigenvalue weighted by Crippen LogP contribution is 2.06. The van der Waals surface area contributed by atoms with Crippen LogP contribution in [0.1, 0.15) is 6.42 Å². The quantitative estimate of drug-likeness (QED) is 0.380. The fraction of sp³-hybridized carbons (Fsp3) is 0.500. The lowest BCUT2D eigenvalue weighted by molar-refractivity contribution is -0.175. The van der Waals surface area contributed by atoms with E-state index in [1.807, 2.05) is 0 Å². The van der Waals surface area contributed by atoms with Crippen LogP contribution in [0.2, 0.25) is 0 Å². The average molecular weight is 128 g/mol. The second-order valence-corrected chi connectivity index (χ2v) is 1.78. The van der Waals surface area contributed by atoms with Gasteiger partial charge in [0.15, 0.2) is 6.79 Å². The molecule has 0 bridgehead atoms. The first-order valence-corrected chi connectivity index (χ1v) is 2.72. The van der Waals surface area contributed by atoms with Gasteiger partial charge in [0.05, 0.1) is 12.5 Å². The van der Waals surface area contributed by atoms with E-state index in [-0.39, 0.29) is 18.9 Å². The van der Waals surface area contributed by atoms with Gasteiger partial charge < -0.3 is 9.47 Å². The first-order valence-electron chi connectivity index (χ1n) is 2.72. The Kier molecular flexibility index (Phi) is 1.85. The topological polar surface area (TPSA) is 35.5 Å². The molecule has 3 nitrogen and oxygen atoms in total. The Morgan fingerprint density at radius 1 is 1.78 bits per heavy atom. The van der Waals surface area contributed by atoms with E-state index in [9.17, 15) is 4.79 Å². The molecule has 1 unspecified atom stereocenters. The predicted octanol–water partition coefficient (Wildman–Crippen LogP) is 0.462. The van der Waals surface area contributed by atoms with Crippen molar-refractivity contribution in [3.05, 3.63) is 12.7 Å². The standard InChI is InChI=1S/C6H8O3/c1-2-5-3-6(7)9-4-8-5/h2,5H,1,3-4H2. The highest BCUT2D eigenvalue weighted by molar-refractivity contribution is 5.70. The van der Waals surface area contributed by atoms with Crippen LogP contribution in [-0.4, -0.2) is 18.9 Å². The van der Waals surface area contributed by atoms with Gasteiger partial charge >= 0.3 is 5.97 Å². The van der Waals surface area contributed by atoms with Crippen LogP contribution in [0.4, 0.5) is 0 Å².